The smallest absolute Gasteiger partial charge is 0.310 e. The standard InChI is InChI=1S/C28H41N3O5/c1-6-18-11-16-22-24(23(18)28(35)36-10-5)27(34)31(20(7-2)17-32)25(22)26(33)29-19-12-14-21(15-13-19)30(8-3)9-4/h11-16,18,20,22-25,32H,6-10,17H2,1-5H3,(H,29,33)/t18-,20+,22+,23-,24+,25+/m1/s1. The molecule has 1 saturated heterocycles. The van der Waals surface area contributed by atoms with Crippen LogP contribution in [-0.2, 0) is 19.1 Å². The molecule has 1 aliphatic heterocycles. The van der Waals surface area contributed by atoms with Gasteiger partial charge in [0, 0.05) is 30.4 Å². The van der Waals surface area contributed by atoms with Gasteiger partial charge in [0.15, 0.2) is 0 Å². The molecule has 8 nitrogen and oxygen atoms in total. The van der Waals surface area contributed by atoms with Crippen molar-refractivity contribution in [3.8, 4) is 0 Å². The highest BCUT2D eigenvalue weighted by Gasteiger charge is 2.58. The van der Waals surface area contributed by atoms with Gasteiger partial charge >= 0.3 is 5.97 Å². The summed E-state index contributed by atoms with van der Waals surface area (Å²) in [6.45, 7) is 11.5. The molecular formula is C28H41N3O5. The Morgan fingerprint density at radius 1 is 1.08 bits per heavy atom. The summed E-state index contributed by atoms with van der Waals surface area (Å²) >= 11 is 0. The average molecular weight is 500 g/mol. The minimum Gasteiger partial charge on any atom is -0.466 e. The average Bonchev–Trinajstić information content (AvgIpc) is 3.18. The van der Waals surface area contributed by atoms with Crippen molar-refractivity contribution >= 4 is 29.2 Å². The van der Waals surface area contributed by atoms with Crippen LogP contribution < -0.4 is 10.2 Å². The van der Waals surface area contributed by atoms with Crippen LogP contribution in [-0.4, -0.2) is 66.2 Å². The van der Waals surface area contributed by atoms with Gasteiger partial charge < -0.3 is 25.0 Å². The van der Waals surface area contributed by atoms with Crippen LogP contribution in [0.1, 0.15) is 47.5 Å². The van der Waals surface area contributed by atoms with Crippen molar-refractivity contribution < 1.29 is 24.2 Å². The first-order valence-corrected chi connectivity index (χ1v) is 13.3. The molecule has 1 fully saturated rings. The van der Waals surface area contributed by atoms with E-state index in [0.29, 0.717) is 18.5 Å². The van der Waals surface area contributed by atoms with E-state index in [9.17, 15) is 19.5 Å². The van der Waals surface area contributed by atoms with E-state index < -0.39 is 35.8 Å². The fourth-order valence-electron chi connectivity index (χ4n) is 5.76. The molecule has 1 aromatic carbocycles. The largest absolute Gasteiger partial charge is 0.466 e. The van der Waals surface area contributed by atoms with Crippen molar-refractivity contribution in [3.63, 3.8) is 0 Å². The quantitative estimate of drug-likeness (QED) is 0.357. The van der Waals surface area contributed by atoms with Gasteiger partial charge in [-0.3, -0.25) is 14.4 Å². The lowest BCUT2D eigenvalue weighted by atomic mass is 9.69. The summed E-state index contributed by atoms with van der Waals surface area (Å²) in [6.07, 6.45) is 5.06. The normalized spacial score (nSPS) is 25.9. The van der Waals surface area contributed by atoms with Crippen LogP contribution in [0, 0.1) is 23.7 Å². The maximum atomic E-state index is 13.8. The number of carbonyl (C=O) groups excluding carboxylic acids is 3. The predicted octanol–water partition coefficient (Wildman–Crippen LogP) is 3.46. The van der Waals surface area contributed by atoms with Gasteiger partial charge in [0.1, 0.15) is 6.04 Å². The number of likely N-dealkylation sites (tertiary alicyclic amines) is 1. The van der Waals surface area contributed by atoms with Crippen molar-refractivity contribution in [3.05, 3.63) is 36.4 Å². The van der Waals surface area contributed by atoms with Crippen LogP contribution in [0.25, 0.3) is 0 Å². The lowest BCUT2D eigenvalue weighted by Crippen LogP contribution is -2.50. The Balaban J connectivity index is 1.95. The number of rotatable bonds is 11. The molecule has 0 unspecified atom stereocenters. The third-order valence-corrected chi connectivity index (χ3v) is 7.68. The monoisotopic (exact) mass is 499 g/mol. The van der Waals surface area contributed by atoms with Gasteiger partial charge in [-0.05, 0) is 63.8 Å². The molecule has 36 heavy (non-hydrogen) atoms. The predicted molar refractivity (Wildman–Crippen MR) is 140 cm³/mol. The highest BCUT2D eigenvalue weighted by Crippen LogP contribution is 2.46. The zero-order valence-corrected chi connectivity index (χ0v) is 22.1. The summed E-state index contributed by atoms with van der Waals surface area (Å²) < 4.78 is 5.36. The lowest BCUT2D eigenvalue weighted by molar-refractivity contribution is -0.156. The van der Waals surface area contributed by atoms with Crippen LogP contribution in [0.15, 0.2) is 36.4 Å². The van der Waals surface area contributed by atoms with E-state index in [-0.39, 0.29) is 30.9 Å². The zero-order valence-electron chi connectivity index (χ0n) is 22.1. The van der Waals surface area contributed by atoms with E-state index in [1.165, 1.54) is 4.90 Å². The Kier molecular flexibility index (Phi) is 9.54. The van der Waals surface area contributed by atoms with Crippen molar-refractivity contribution in [2.24, 2.45) is 23.7 Å². The number of ether oxygens (including phenoxy) is 1. The Morgan fingerprint density at radius 3 is 2.28 bits per heavy atom. The zero-order chi connectivity index (χ0) is 26.4. The second-order valence-electron chi connectivity index (χ2n) is 9.48. The number of benzene rings is 1. The summed E-state index contributed by atoms with van der Waals surface area (Å²) in [5.41, 5.74) is 1.71. The number of carbonyl (C=O) groups is 3. The van der Waals surface area contributed by atoms with Crippen LogP contribution in [0.4, 0.5) is 11.4 Å². The topological polar surface area (TPSA) is 99.2 Å². The molecule has 6 atom stereocenters. The Bertz CT molecular complexity index is 939. The maximum Gasteiger partial charge on any atom is 0.310 e. The van der Waals surface area contributed by atoms with Crippen molar-refractivity contribution in [2.45, 2.75) is 59.5 Å². The van der Waals surface area contributed by atoms with E-state index in [1.807, 2.05) is 50.3 Å². The Labute approximate surface area is 214 Å². The first-order chi connectivity index (χ1) is 17.4. The second-order valence-corrected chi connectivity index (χ2v) is 9.48. The maximum absolute atomic E-state index is 13.8. The summed E-state index contributed by atoms with van der Waals surface area (Å²) in [6, 6.07) is 6.31. The van der Waals surface area contributed by atoms with Crippen LogP contribution in [0.5, 0.6) is 0 Å². The van der Waals surface area contributed by atoms with Crippen molar-refractivity contribution in [1.29, 1.82) is 0 Å². The molecule has 198 valence electrons. The van der Waals surface area contributed by atoms with Crippen LogP contribution >= 0.6 is 0 Å². The molecule has 1 aromatic rings. The van der Waals surface area contributed by atoms with Crippen LogP contribution in [0.3, 0.4) is 0 Å². The number of nitrogens with one attached hydrogen (secondary N) is 1. The minimum absolute atomic E-state index is 0.139. The molecule has 8 heteroatoms. The van der Waals surface area contributed by atoms with E-state index >= 15 is 0 Å². The van der Waals surface area contributed by atoms with Gasteiger partial charge in [0.05, 0.1) is 31.1 Å². The first-order valence-electron chi connectivity index (χ1n) is 13.3. The minimum atomic E-state index is -0.826. The molecule has 0 aromatic heterocycles. The number of hydrogen-bond acceptors (Lipinski definition) is 6. The number of aliphatic hydroxyl groups excluding tert-OH is 1. The SMILES string of the molecule is CCOC(=O)[C@H]1[C@H]2C(=O)N([C@@H](CC)CO)[C@H](C(=O)Nc3ccc(N(CC)CC)cc3)[C@H]2C=C[C@H]1CC. The number of fused-ring (bicyclic) bond motifs is 1. The number of amides is 2. The molecule has 1 aliphatic carbocycles. The Hall–Kier alpha value is -2.87. The number of nitrogens with zero attached hydrogens (tertiary/aromatic N) is 2. The van der Waals surface area contributed by atoms with Gasteiger partial charge in [-0.25, -0.2) is 0 Å². The molecule has 2 amide bonds. The number of allylic oxidation sites excluding steroid dienone is 1. The molecule has 0 bridgehead atoms. The fourth-order valence-corrected chi connectivity index (χ4v) is 5.76. The number of hydrogen-bond donors (Lipinski definition) is 2. The molecule has 0 spiro atoms. The summed E-state index contributed by atoms with van der Waals surface area (Å²) in [4.78, 5) is 44.2. The molecular weight excluding hydrogens is 458 g/mol. The van der Waals surface area contributed by atoms with E-state index in [4.69, 9.17) is 4.74 Å². The summed E-state index contributed by atoms with van der Waals surface area (Å²) in [5, 5.41) is 13.1. The third kappa shape index (κ3) is 5.28. The van der Waals surface area contributed by atoms with Crippen molar-refractivity contribution in [1.82, 2.24) is 4.90 Å². The molecule has 3 rings (SSSR count). The van der Waals surface area contributed by atoms with Crippen molar-refractivity contribution in [2.75, 3.05) is 36.5 Å². The number of anilines is 2. The summed E-state index contributed by atoms with van der Waals surface area (Å²) in [5.74, 6) is -2.95. The number of aliphatic hydroxyl groups is 1. The highest BCUT2D eigenvalue weighted by molar-refractivity contribution is 6.01. The van der Waals surface area contributed by atoms with Crippen LogP contribution in [0.2, 0.25) is 0 Å². The first kappa shape index (κ1) is 27.7. The molecule has 2 N–H and O–H groups in total. The fraction of sp³-hybridized carbons (Fsp3) is 0.607. The molecule has 2 aliphatic rings. The Morgan fingerprint density at radius 2 is 1.75 bits per heavy atom. The number of esters is 1. The van der Waals surface area contributed by atoms with Gasteiger partial charge in [-0.15, -0.1) is 0 Å². The lowest BCUT2D eigenvalue weighted by Gasteiger charge is -2.33. The van der Waals surface area contributed by atoms with E-state index in [0.717, 1.165) is 18.8 Å². The van der Waals surface area contributed by atoms with Gasteiger partial charge in [-0.2, -0.15) is 0 Å². The van der Waals surface area contributed by atoms with Gasteiger partial charge in [0.2, 0.25) is 11.8 Å². The molecule has 1 heterocycles. The third-order valence-electron chi connectivity index (χ3n) is 7.68. The van der Waals surface area contributed by atoms with E-state index in [1.54, 1.807) is 6.92 Å². The van der Waals surface area contributed by atoms with E-state index in [2.05, 4.69) is 24.1 Å². The highest BCUT2D eigenvalue weighted by atomic mass is 16.5. The molecule has 0 saturated carbocycles. The van der Waals surface area contributed by atoms with Gasteiger partial charge in [-0.1, -0.05) is 26.0 Å². The van der Waals surface area contributed by atoms with Gasteiger partial charge in [0.25, 0.3) is 0 Å². The molecule has 0 radical (unpaired) electrons. The second kappa shape index (κ2) is 12.4. The summed E-state index contributed by atoms with van der Waals surface area (Å²) in [7, 11) is 0.